The van der Waals surface area contributed by atoms with Crippen molar-refractivity contribution in [3.63, 3.8) is 0 Å². The summed E-state index contributed by atoms with van der Waals surface area (Å²) in [7, 11) is 0. The average Bonchev–Trinajstić information content (AvgIpc) is 2.42. The molecule has 2 heteroatoms. The SMILES string of the molecule is C=O.CC(C)(c1ccccc1)c1ccc(O)cc1. The van der Waals surface area contributed by atoms with E-state index < -0.39 is 0 Å². The Morgan fingerprint density at radius 3 is 1.78 bits per heavy atom. The van der Waals surface area contributed by atoms with Gasteiger partial charge in [0.25, 0.3) is 0 Å². The number of hydrogen-bond acceptors (Lipinski definition) is 2. The molecule has 0 aliphatic carbocycles. The average molecular weight is 242 g/mol. The molecule has 0 radical (unpaired) electrons. The topological polar surface area (TPSA) is 37.3 Å². The van der Waals surface area contributed by atoms with Gasteiger partial charge in [-0.1, -0.05) is 56.3 Å². The van der Waals surface area contributed by atoms with Crippen molar-refractivity contribution in [3.8, 4) is 5.75 Å². The fourth-order valence-electron chi connectivity index (χ4n) is 1.90. The van der Waals surface area contributed by atoms with Crippen LogP contribution in [0.2, 0.25) is 0 Å². The molecule has 0 atom stereocenters. The molecule has 0 heterocycles. The summed E-state index contributed by atoms with van der Waals surface area (Å²) in [5, 5.41) is 9.29. The molecular formula is C16H18O2. The van der Waals surface area contributed by atoms with Gasteiger partial charge < -0.3 is 9.90 Å². The van der Waals surface area contributed by atoms with Gasteiger partial charge in [0.2, 0.25) is 0 Å². The van der Waals surface area contributed by atoms with Crippen LogP contribution >= 0.6 is 0 Å². The Balaban J connectivity index is 0.000000771. The van der Waals surface area contributed by atoms with Crippen LogP contribution in [-0.2, 0) is 10.2 Å². The van der Waals surface area contributed by atoms with Crippen LogP contribution in [0.5, 0.6) is 5.75 Å². The van der Waals surface area contributed by atoms with Crippen LogP contribution in [0.4, 0.5) is 0 Å². The molecule has 0 unspecified atom stereocenters. The van der Waals surface area contributed by atoms with Gasteiger partial charge in [-0.2, -0.15) is 0 Å². The van der Waals surface area contributed by atoms with E-state index in [1.807, 2.05) is 25.0 Å². The molecule has 0 saturated heterocycles. The normalized spacial score (nSPS) is 10.3. The summed E-state index contributed by atoms with van der Waals surface area (Å²) in [6, 6.07) is 17.8. The summed E-state index contributed by atoms with van der Waals surface area (Å²) in [4.78, 5) is 8.00. The molecule has 2 nitrogen and oxygen atoms in total. The van der Waals surface area contributed by atoms with E-state index >= 15 is 0 Å². The monoisotopic (exact) mass is 242 g/mol. The van der Waals surface area contributed by atoms with Gasteiger partial charge in [-0.25, -0.2) is 0 Å². The molecule has 0 aliphatic heterocycles. The zero-order chi connectivity index (χ0) is 13.6. The highest BCUT2D eigenvalue weighted by Gasteiger charge is 2.22. The third-order valence-corrected chi connectivity index (χ3v) is 3.08. The van der Waals surface area contributed by atoms with Crippen molar-refractivity contribution >= 4 is 6.79 Å². The van der Waals surface area contributed by atoms with Crippen LogP contribution in [0, 0.1) is 0 Å². The quantitative estimate of drug-likeness (QED) is 0.874. The van der Waals surface area contributed by atoms with Gasteiger partial charge in [-0.15, -0.1) is 0 Å². The van der Waals surface area contributed by atoms with Gasteiger partial charge in [0.05, 0.1) is 0 Å². The molecule has 2 aromatic rings. The Kier molecular flexibility index (Phi) is 4.67. The maximum absolute atomic E-state index is 9.29. The minimum absolute atomic E-state index is 0.0328. The van der Waals surface area contributed by atoms with Gasteiger partial charge >= 0.3 is 0 Å². The van der Waals surface area contributed by atoms with E-state index in [2.05, 4.69) is 38.1 Å². The van der Waals surface area contributed by atoms with Gasteiger partial charge in [-0.3, -0.25) is 0 Å². The van der Waals surface area contributed by atoms with E-state index in [0.717, 1.165) is 0 Å². The first-order chi connectivity index (χ1) is 8.60. The number of rotatable bonds is 2. The van der Waals surface area contributed by atoms with Crippen molar-refractivity contribution < 1.29 is 9.90 Å². The van der Waals surface area contributed by atoms with Crippen molar-refractivity contribution in [1.82, 2.24) is 0 Å². The number of hydrogen-bond donors (Lipinski definition) is 1. The van der Waals surface area contributed by atoms with Crippen molar-refractivity contribution in [2.24, 2.45) is 0 Å². The lowest BCUT2D eigenvalue weighted by Gasteiger charge is -2.26. The summed E-state index contributed by atoms with van der Waals surface area (Å²) < 4.78 is 0. The molecular weight excluding hydrogens is 224 g/mol. The Morgan fingerprint density at radius 2 is 1.28 bits per heavy atom. The second-order valence-electron chi connectivity index (χ2n) is 4.54. The van der Waals surface area contributed by atoms with E-state index in [1.165, 1.54) is 11.1 Å². The predicted octanol–water partition coefficient (Wildman–Crippen LogP) is 3.53. The molecule has 1 N–H and O–H groups in total. The molecule has 2 aromatic carbocycles. The first kappa shape index (κ1) is 14.0. The number of aromatic hydroxyl groups is 1. The molecule has 2 rings (SSSR count). The second kappa shape index (κ2) is 6.01. The maximum atomic E-state index is 9.29. The lowest BCUT2D eigenvalue weighted by Crippen LogP contribution is -2.18. The fourth-order valence-corrected chi connectivity index (χ4v) is 1.90. The molecule has 0 aromatic heterocycles. The third kappa shape index (κ3) is 2.98. The smallest absolute Gasteiger partial charge is 0.115 e. The molecule has 0 fully saturated rings. The minimum atomic E-state index is -0.0328. The van der Waals surface area contributed by atoms with Crippen LogP contribution in [0.3, 0.4) is 0 Å². The van der Waals surface area contributed by atoms with Gasteiger partial charge in [-0.05, 0) is 23.3 Å². The predicted molar refractivity (Wildman–Crippen MR) is 73.8 cm³/mol. The van der Waals surface area contributed by atoms with E-state index in [-0.39, 0.29) is 5.41 Å². The summed E-state index contributed by atoms with van der Waals surface area (Å²) in [5.74, 6) is 0.313. The van der Waals surface area contributed by atoms with E-state index in [0.29, 0.717) is 5.75 Å². The molecule has 0 aliphatic rings. The Bertz CT molecular complexity index is 472. The second-order valence-corrected chi connectivity index (χ2v) is 4.54. The van der Waals surface area contributed by atoms with E-state index in [1.54, 1.807) is 12.1 Å². The molecule has 0 spiro atoms. The first-order valence-corrected chi connectivity index (χ1v) is 5.74. The van der Waals surface area contributed by atoms with Crippen molar-refractivity contribution in [1.29, 1.82) is 0 Å². The lowest BCUT2D eigenvalue weighted by atomic mass is 9.78. The largest absolute Gasteiger partial charge is 0.508 e. The summed E-state index contributed by atoms with van der Waals surface area (Å²) in [6.45, 7) is 6.38. The highest BCUT2D eigenvalue weighted by molar-refractivity contribution is 5.39. The van der Waals surface area contributed by atoms with Crippen LogP contribution in [0.15, 0.2) is 54.6 Å². The Morgan fingerprint density at radius 1 is 0.833 bits per heavy atom. The zero-order valence-electron chi connectivity index (χ0n) is 10.8. The van der Waals surface area contributed by atoms with Gasteiger partial charge in [0.1, 0.15) is 12.5 Å². The summed E-state index contributed by atoms with van der Waals surface area (Å²) in [6.07, 6.45) is 0. The van der Waals surface area contributed by atoms with Crippen LogP contribution in [-0.4, -0.2) is 11.9 Å². The van der Waals surface area contributed by atoms with E-state index in [9.17, 15) is 5.11 Å². The Hall–Kier alpha value is -2.09. The molecule has 94 valence electrons. The van der Waals surface area contributed by atoms with Crippen LogP contribution in [0.1, 0.15) is 25.0 Å². The van der Waals surface area contributed by atoms with Crippen LogP contribution < -0.4 is 0 Å². The number of carbonyl (C=O) groups excluding carboxylic acids is 1. The number of carbonyl (C=O) groups is 1. The summed E-state index contributed by atoms with van der Waals surface area (Å²) in [5.41, 5.74) is 2.45. The number of phenolic OH excluding ortho intramolecular Hbond substituents is 1. The van der Waals surface area contributed by atoms with Crippen molar-refractivity contribution in [2.75, 3.05) is 0 Å². The van der Waals surface area contributed by atoms with Crippen molar-refractivity contribution in [3.05, 3.63) is 65.7 Å². The number of benzene rings is 2. The fraction of sp³-hybridized carbons (Fsp3) is 0.188. The highest BCUT2D eigenvalue weighted by Crippen LogP contribution is 2.31. The standard InChI is InChI=1S/C15H16O.CH2O/c1-15(2,12-6-4-3-5-7-12)13-8-10-14(16)11-9-13;1-2/h3-11,16H,1-2H3;1H2. The van der Waals surface area contributed by atoms with Gasteiger partial charge in [0, 0.05) is 5.41 Å². The first-order valence-electron chi connectivity index (χ1n) is 5.74. The highest BCUT2D eigenvalue weighted by atomic mass is 16.3. The van der Waals surface area contributed by atoms with Crippen LogP contribution in [0.25, 0.3) is 0 Å². The molecule has 0 saturated carbocycles. The minimum Gasteiger partial charge on any atom is -0.508 e. The lowest BCUT2D eigenvalue weighted by molar-refractivity contribution is -0.0979. The Labute approximate surface area is 108 Å². The molecule has 18 heavy (non-hydrogen) atoms. The molecule has 0 amide bonds. The van der Waals surface area contributed by atoms with E-state index in [4.69, 9.17) is 4.79 Å². The van der Waals surface area contributed by atoms with Crippen molar-refractivity contribution in [2.45, 2.75) is 19.3 Å². The third-order valence-electron chi connectivity index (χ3n) is 3.08. The summed E-state index contributed by atoms with van der Waals surface area (Å²) >= 11 is 0. The van der Waals surface area contributed by atoms with Gasteiger partial charge in [0.15, 0.2) is 0 Å². The maximum Gasteiger partial charge on any atom is 0.115 e. The zero-order valence-corrected chi connectivity index (χ0v) is 10.8. The molecule has 0 bridgehead atoms. The number of phenols is 1.